The Balaban J connectivity index is 1.43. The van der Waals surface area contributed by atoms with Crippen LogP contribution >= 0.6 is 0 Å². The van der Waals surface area contributed by atoms with Gasteiger partial charge in [-0.05, 0) is 49.9 Å². The first-order valence-electron chi connectivity index (χ1n) is 8.71. The van der Waals surface area contributed by atoms with Crippen molar-refractivity contribution >= 4 is 5.91 Å². The summed E-state index contributed by atoms with van der Waals surface area (Å²) >= 11 is 0. The van der Waals surface area contributed by atoms with Crippen LogP contribution in [0.1, 0.15) is 57.3 Å². The van der Waals surface area contributed by atoms with E-state index >= 15 is 0 Å². The minimum Gasteiger partial charge on any atom is -0.332 e. The van der Waals surface area contributed by atoms with Crippen LogP contribution in [-0.4, -0.2) is 26.4 Å². The van der Waals surface area contributed by atoms with Crippen LogP contribution in [0.25, 0.3) is 0 Å². The van der Waals surface area contributed by atoms with Gasteiger partial charge in [0, 0.05) is 24.9 Å². The van der Waals surface area contributed by atoms with E-state index in [1.165, 1.54) is 38.1 Å². The number of alkyl halides is 2. The van der Waals surface area contributed by atoms with Gasteiger partial charge in [-0.15, -0.1) is 0 Å². The Morgan fingerprint density at radius 3 is 2.74 bits per heavy atom. The number of halogens is 2. The van der Waals surface area contributed by atoms with Crippen molar-refractivity contribution in [3.8, 4) is 0 Å². The van der Waals surface area contributed by atoms with Crippen LogP contribution in [0.5, 0.6) is 0 Å². The molecule has 3 fully saturated rings. The molecule has 0 N–H and O–H groups in total. The van der Waals surface area contributed by atoms with Crippen molar-refractivity contribution in [2.45, 2.75) is 64.1 Å². The van der Waals surface area contributed by atoms with Gasteiger partial charge in [-0.1, -0.05) is 6.42 Å². The largest absolute Gasteiger partial charge is 0.332 e. The molecule has 6 heteroatoms. The highest BCUT2D eigenvalue weighted by Gasteiger charge is 2.42. The normalized spacial score (nSPS) is 29.4. The molecule has 1 heterocycles. The lowest BCUT2D eigenvalue weighted by molar-refractivity contribution is -0.134. The van der Waals surface area contributed by atoms with Gasteiger partial charge >= 0.3 is 6.55 Å². The third kappa shape index (κ3) is 3.00. The van der Waals surface area contributed by atoms with Gasteiger partial charge < -0.3 is 4.90 Å². The fraction of sp³-hybridized carbons (Fsp3) is 0.765. The number of fused-ring (bicyclic) bond motifs is 2. The van der Waals surface area contributed by atoms with Crippen molar-refractivity contribution in [2.75, 3.05) is 0 Å². The summed E-state index contributed by atoms with van der Waals surface area (Å²) in [4.78, 5) is 18.6. The molecular weight excluding hydrogens is 300 g/mol. The molecule has 1 amide bonds. The van der Waals surface area contributed by atoms with Gasteiger partial charge in [0.15, 0.2) is 0 Å². The molecule has 2 bridgehead atoms. The summed E-state index contributed by atoms with van der Waals surface area (Å²) in [6, 6.07) is 0.226. The second-order valence-corrected chi connectivity index (χ2v) is 7.42. The number of imidazole rings is 1. The maximum absolute atomic E-state index is 13.0. The molecule has 126 valence electrons. The third-order valence-electron chi connectivity index (χ3n) is 5.90. The van der Waals surface area contributed by atoms with E-state index in [4.69, 9.17) is 0 Å². The van der Waals surface area contributed by atoms with E-state index in [0.717, 1.165) is 23.3 Å². The monoisotopic (exact) mass is 323 g/mol. The molecule has 23 heavy (non-hydrogen) atoms. The summed E-state index contributed by atoms with van der Waals surface area (Å²) in [5.74, 6) is 2.47. The lowest BCUT2D eigenvalue weighted by Crippen LogP contribution is -2.35. The number of hydrogen-bond acceptors (Lipinski definition) is 2. The van der Waals surface area contributed by atoms with Gasteiger partial charge in [-0.25, -0.2) is 4.98 Å². The van der Waals surface area contributed by atoms with Crippen LogP contribution in [0.3, 0.4) is 0 Å². The molecular formula is C17H23F2N3O. The number of aromatic nitrogens is 2. The number of carbonyl (C=O) groups excluding carboxylic acids is 1. The van der Waals surface area contributed by atoms with Crippen molar-refractivity contribution in [1.29, 1.82) is 0 Å². The fourth-order valence-electron chi connectivity index (χ4n) is 4.57. The lowest BCUT2D eigenvalue weighted by Gasteiger charge is -2.27. The summed E-state index contributed by atoms with van der Waals surface area (Å²) in [6.45, 7) is -2.39. The maximum atomic E-state index is 13.0. The Labute approximate surface area is 134 Å². The standard InChI is InChI=1S/C17H23F2N3O/c18-17(19)21-6-5-20-15(21)10-22(14-3-4-14)16(23)9-13-8-11-1-2-12(13)7-11/h5-6,11-14,17H,1-4,7-10H2/t11-,12+,13-/m0/s1. The van der Waals surface area contributed by atoms with E-state index in [9.17, 15) is 13.6 Å². The predicted molar refractivity (Wildman–Crippen MR) is 80.6 cm³/mol. The molecule has 4 nitrogen and oxygen atoms in total. The molecule has 3 saturated carbocycles. The molecule has 0 radical (unpaired) electrons. The highest BCUT2D eigenvalue weighted by molar-refractivity contribution is 5.77. The van der Waals surface area contributed by atoms with Crippen molar-refractivity contribution < 1.29 is 13.6 Å². The van der Waals surface area contributed by atoms with Crippen LogP contribution < -0.4 is 0 Å². The van der Waals surface area contributed by atoms with E-state index in [0.29, 0.717) is 18.3 Å². The van der Waals surface area contributed by atoms with Crippen molar-refractivity contribution in [3.05, 3.63) is 18.2 Å². The first-order chi connectivity index (χ1) is 11.1. The lowest BCUT2D eigenvalue weighted by atomic mass is 9.86. The van der Waals surface area contributed by atoms with Crippen molar-refractivity contribution in [3.63, 3.8) is 0 Å². The smallest absolute Gasteiger partial charge is 0.319 e. The van der Waals surface area contributed by atoms with E-state index in [1.807, 2.05) is 0 Å². The highest BCUT2D eigenvalue weighted by atomic mass is 19.3. The molecule has 1 aromatic rings. The Bertz CT molecular complexity index is 584. The molecule has 3 aliphatic carbocycles. The van der Waals surface area contributed by atoms with E-state index < -0.39 is 6.55 Å². The molecule has 0 aromatic carbocycles. The summed E-state index contributed by atoms with van der Waals surface area (Å²) in [7, 11) is 0. The van der Waals surface area contributed by atoms with Gasteiger partial charge in [0.2, 0.25) is 5.91 Å². The Morgan fingerprint density at radius 2 is 2.13 bits per heavy atom. The molecule has 1 aromatic heterocycles. The predicted octanol–water partition coefficient (Wildman–Crippen LogP) is 3.60. The minimum atomic E-state index is -2.60. The summed E-state index contributed by atoms with van der Waals surface area (Å²) < 4.78 is 26.8. The average molecular weight is 323 g/mol. The zero-order valence-electron chi connectivity index (χ0n) is 13.2. The topological polar surface area (TPSA) is 38.1 Å². The van der Waals surface area contributed by atoms with Gasteiger partial charge in [0.25, 0.3) is 0 Å². The van der Waals surface area contributed by atoms with E-state index in [2.05, 4.69) is 4.98 Å². The zero-order valence-corrected chi connectivity index (χ0v) is 13.2. The Morgan fingerprint density at radius 1 is 1.30 bits per heavy atom. The first kappa shape index (κ1) is 15.1. The number of rotatable bonds is 6. The number of amides is 1. The van der Waals surface area contributed by atoms with Crippen LogP contribution in [0.15, 0.2) is 12.4 Å². The van der Waals surface area contributed by atoms with Crippen LogP contribution in [0.2, 0.25) is 0 Å². The number of carbonyl (C=O) groups is 1. The van der Waals surface area contributed by atoms with Crippen molar-refractivity contribution in [1.82, 2.24) is 14.5 Å². The van der Waals surface area contributed by atoms with Crippen molar-refractivity contribution in [2.24, 2.45) is 17.8 Å². The molecule has 0 unspecified atom stereocenters. The van der Waals surface area contributed by atoms with Gasteiger partial charge in [0.1, 0.15) is 5.82 Å². The second kappa shape index (κ2) is 5.87. The van der Waals surface area contributed by atoms with Gasteiger partial charge in [-0.3, -0.25) is 9.36 Å². The molecule has 3 atom stereocenters. The minimum absolute atomic E-state index is 0.133. The van der Waals surface area contributed by atoms with Gasteiger partial charge in [-0.2, -0.15) is 8.78 Å². The quantitative estimate of drug-likeness (QED) is 0.802. The zero-order chi connectivity index (χ0) is 16.0. The third-order valence-corrected chi connectivity index (χ3v) is 5.90. The maximum Gasteiger partial charge on any atom is 0.319 e. The summed E-state index contributed by atoms with van der Waals surface area (Å²) in [5, 5.41) is 0. The summed E-state index contributed by atoms with van der Waals surface area (Å²) in [5.41, 5.74) is 0. The molecule has 0 spiro atoms. The molecule has 0 aliphatic heterocycles. The molecule has 4 rings (SSSR count). The van der Waals surface area contributed by atoms with E-state index in [1.54, 1.807) is 4.90 Å². The van der Waals surface area contributed by atoms with Crippen LogP contribution in [0, 0.1) is 17.8 Å². The number of nitrogens with zero attached hydrogens (tertiary/aromatic N) is 3. The van der Waals surface area contributed by atoms with Gasteiger partial charge in [0.05, 0.1) is 6.54 Å². The Kier molecular flexibility index (Phi) is 3.85. The molecule has 0 saturated heterocycles. The fourth-order valence-corrected chi connectivity index (χ4v) is 4.57. The Hall–Kier alpha value is -1.46. The van der Waals surface area contributed by atoms with Crippen LogP contribution in [-0.2, 0) is 11.3 Å². The molecule has 3 aliphatic rings. The highest BCUT2D eigenvalue weighted by Crippen LogP contribution is 2.49. The average Bonchev–Trinajstić information content (AvgIpc) is 2.95. The first-order valence-corrected chi connectivity index (χ1v) is 8.71. The van der Waals surface area contributed by atoms with E-state index in [-0.39, 0.29) is 24.3 Å². The summed E-state index contributed by atoms with van der Waals surface area (Å²) in [6.07, 6.45) is 10.3. The SMILES string of the molecule is O=C(C[C@@H]1C[C@H]2CC[C@@H]1C2)N(Cc1nccn1C(F)F)C1CC1. The van der Waals surface area contributed by atoms with Crippen LogP contribution in [0.4, 0.5) is 8.78 Å². The number of hydrogen-bond donors (Lipinski definition) is 0. The second-order valence-electron chi connectivity index (χ2n) is 7.42.